The molecule has 2 aromatic heterocycles. The zero-order valence-corrected chi connectivity index (χ0v) is 19.9. The van der Waals surface area contributed by atoms with Gasteiger partial charge in [-0.2, -0.15) is 5.10 Å². The standard InChI is InChI=1S/C25H25ClN4O4/c1-4-9-29-14-17(13-27-29)30-20(5-2)23(18-11-22(34-3)19(26)12-21(18)30)24(31)28-16-8-6-7-15(10-16)25(32)33/h6-8,10-14H,4-5,9H2,1-3H3,(H,28,31)(H,32,33). The van der Waals surface area contributed by atoms with Crippen molar-refractivity contribution in [3.8, 4) is 11.4 Å². The molecule has 0 atom stereocenters. The van der Waals surface area contributed by atoms with E-state index in [9.17, 15) is 14.7 Å². The smallest absolute Gasteiger partial charge is 0.335 e. The number of carbonyl (C=O) groups excluding carboxylic acids is 1. The molecule has 0 aliphatic carbocycles. The van der Waals surface area contributed by atoms with E-state index in [0.717, 1.165) is 29.9 Å². The van der Waals surface area contributed by atoms with E-state index in [1.165, 1.54) is 19.2 Å². The molecule has 2 N–H and O–H groups in total. The maximum atomic E-state index is 13.6. The van der Waals surface area contributed by atoms with E-state index in [2.05, 4.69) is 17.3 Å². The lowest BCUT2D eigenvalue weighted by atomic mass is 10.1. The summed E-state index contributed by atoms with van der Waals surface area (Å²) in [5, 5.41) is 17.7. The van der Waals surface area contributed by atoms with Gasteiger partial charge in [-0.1, -0.05) is 31.5 Å². The molecule has 4 aromatic rings. The number of nitrogens with one attached hydrogen (secondary N) is 1. The normalized spacial score (nSPS) is 11.1. The molecule has 176 valence electrons. The Bertz CT molecular complexity index is 1390. The number of hydrogen-bond acceptors (Lipinski definition) is 4. The molecule has 4 rings (SSSR count). The van der Waals surface area contributed by atoms with Crippen molar-refractivity contribution < 1.29 is 19.4 Å². The number of nitrogens with zero attached hydrogens (tertiary/aromatic N) is 3. The Morgan fingerprint density at radius 3 is 2.68 bits per heavy atom. The van der Waals surface area contributed by atoms with Crippen molar-refractivity contribution >= 4 is 40.1 Å². The van der Waals surface area contributed by atoms with Crippen LogP contribution in [0.1, 0.15) is 46.7 Å². The fourth-order valence-corrected chi connectivity index (χ4v) is 4.36. The molecule has 1 amide bonds. The maximum Gasteiger partial charge on any atom is 0.335 e. The third-order valence-corrected chi connectivity index (χ3v) is 5.89. The van der Waals surface area contributed by atoms with Crippen molar-refractivity contribution in [1.29, 1.82) is 0 Å². The summed E-state index contributed by atoms with van der Waals surface area (Å²) in [5.41, 5.74) is 3.31. The van der Waals surface area contributed by atoms with Gasteiger partial charge in [0.05, 0.1) is 40.7 Å². The largest absolute Gasteiger partial charge is 0.495 e. The average Bonchev–Trinajstić information content (AvgIpc) is 3.40. The molecule has 34 heavy (non-hydrogen) atoms. The van der Waals surface area contributed by atoms with Crippen LogP contribution >= 0.6 is 11.6 Å². The number of methoxy groups -OCH3 is 1. The molecule has 8 nitrogen and oxygen atoms in total. The van der Waals surface area contributed by atoms with Gasteiger partial charge in [-0.25, -0.2) is 4.79 Å². The lowest BCUT2D eigenvalue weighted by molar-refractivity contribution is 0.0696. The predicted octanol–water partition coefficient (Wildman–Crippen LogP) is 5.41. The molecule has 2 heterocycles. The van der Waals surface area contributed by atoms with Crippen LogP contribution in [0, 0.1) is 0 Å². The SMILES string of the molecule is CCCn1cc(-n2c(CC)c(C(=O)Nc3cccc(C(=O)O)c3)c3cc(OC)c(Cl)cc32)cn1. The molecule has 0 saturated heterocycles. The van der Waals surface area contributed by atoms with Crippen LogP contribution in [0.25, 0.3) is 16.6 Å². The number of aromatic nitrogens is 3. The van der Waals surface area contributed by atoms with Gasteiger partial charge in [0, 0.05) is 29.5 Å². The first kappa shape index (κ1) is 23.4. The van der Waals surface area contributed by atoms with Crippen molar-refractivity contribution in [3.63, 3.8) is 0 Å². The zero-order chi connectivity index (χ0) is 24.4. The van der Waals surface area contributed by atoms with Gasteiger partial charge in [0.15, 0.2) is 0 Å². The lowest BCUT2D eigenvalue weighted by Crippen LogP contribution is -2.15. The van der Waals surface area contributed by atoms with Gasteiger partial charge in [0.1, 0.15) is 5.75 Å². The third kappa shape index (κ3) is 4.24. The number of carbonyl (C=O) groups is 2. The quantitative estimate of drug-likeness (QED) is 0.351. The Balaban J connectivity index is 1.90. The number of hydrogen-bond donors (Lipinski definition) is 2. The summed E-state index contributed by atoms with van der Waals surface area (Å²) in [6.07, 6.45) is 5.22. The second-order valence-electron chi connectivity index (χ2n) is 7.82. The molecule has 0 saturated carbocycles. The molecule has 0 spiro atoms. The van der Waals surface area contributed by atoms with Crippen LogP contribution in [0.4, 0.5) is 5.69 Å². The number of rotatable bonds is 8. The topological polar surface area (TPSA) is 98.4 Å². The fourth-order valence-electron chi connectivity index (χ4n) is 4.12. The molecule has 0 bridgehead atoms. The number of fused-ring (bicyclic) bond motifs is 1. The molecule has 0 aliphatic heterocycles. The predicted molar refractivity (Wildman–Crippen MR) is 132 cm³/mol. The Morgan fingerprint density at radius 1 is 1.21 bits per heavy atom. The fraction of sp³-hybridized carbons (Fsp3) is 0.240. The minimum atomic E-state index is -1.06. The molecule has 2 aromatic carbocycles. The van der Waals surface area contributed by atoms with Crippen molar-refractivity contribution in [2.45, 2.75) is 33.2 Å². The van der Waals surface area contributed by atoms with E-state index in [-0.39, 0.29) is 11.5 Å². The van der Waals surface area contributed by atoms with E-state index in [4.69, 9.17) is 16.3 Å². The molecule has 0 radical (unpaired) electrons. The summed E-state index contributed by atoms with van der Waals surface area (Å²) < 4.78 is 9.27. The maximum absolute atomic E-state index is 13.6. The molecule has 0 fully saturated rings. The highest BCUT2D eigenvalue weighted by atomic mass is 35.5. The number of ether oxygens (including phenoxy) is 1. The van der Waals surface area contributed by atoms with Crippen LogP contribution in [0.3, 0.4) is 0 Å². The summed E-state index contributed by atoms with van der Waals surface area (Å²) in [6.45, 7) is 4.84. The van der Waals surface area contributed by atoms with Crippen LogP contribution in [0.2, 0.25) is 5.02 Å². The second kappa shape index (κ2) is 9.61. The highest BCUT2D eigenvalue weighted by molar-refractivity contribution is 6.33. The van der Waals surface area contributed by atoms with Crippen molar-refractivity contribution in [2.75, 3.05) is 12.4 Å². The van der Waals surface area contributed by atoms with Crippen molar-refractivity contribution in [3.05, 3.63) is 70.6 Å². The molecule has 0 aliphatic rings. The number of halogens is 1. The lowest BCUT2D eigenvalue weighted by Gasteiger charge is -2.10. The number of carboxylic acid groups (broad SMARTS) is 1. The highest BCUT2D eigenvalue weighted by Crippen LogP contribution is 2.37. The van der Waals surface area contributed by atoms with Gasteiger partial charge in [-0.3, -0.25) is 9.48 Å². The Hall–Kier alpha value is -3.78. The highest BCUT2D eigenvalue weighted by Gasteiger charge is 2.25. The summed E-state index contributed by atoms with van der Waals surface area (Å²) >= 11 is 6.46. The third-order valence-electron chi connectivity index (χ3n) is 5.60. The number of benzene rings is 2. The summed E-state index contributed by atoms with van der Waals surface area (Å²) in [7, 11) is 1.52. The van der Waals surface area contributed by atoms with Crippen LogP contribution in [-0.4, -0.2) is 38.4 Å². The van der Waals surface area contributed by atoms with Gasteiger partial charge in [-0.15, -0.1) is 0 Å². The van der Waals surface area contributed by atoms with Crippen LogP contribution in [0.15, 0.2) is 48.8 Å². The minimum absolute atomic E-state index is 0.0905. The Morgan fingerprint density at radius 2 is 2.00 bits per heavy atom. The molecule has 9 heteroatoms. The van der Waals surface area contributed by atoms with E-state index in [1.807, 2.05) is 22.4 Å². The Labute approximate surface area is 201 Å². The van der Waals surface area contributed by atoms with Gasteiger partial charge in [0.25, 0.3) is 5.91 Å². The van der Waals surface area contributed by atoms with Crippen LogP contribution in [-0.2, 0) is 13.0 Å². The summed E-state index contributed by atoms with van der Waals surface area (Å²) in [5.74, 6) is -0.962. The number of amides is 1. The Kier molecular flexibility index (Phi) is 6.61. The van der Waals surface area contributed by atoms with Gasteiger partial charge >= 0.3 is 5.97 Å². The first-order valence-electron chi connectivity index (χ1n) is 11.0. The van der Waals surface area contributed by atoms with E-state index in [0.29, 0.717) is 33.8 Å². The van der Waals surface area contributed by atoms with Crippen LogP contribution < -0.4 is 10.1 Å². The number of anilines is 1. The van der Waals surface area contributed by atoms with Gasteiger partial charge in [0.2, 0.25) is 0 Å². The molecular formula is C25H25ClN4O4. The van der Waals surface area contributed by atoms with Crippen molar-refractivity contribution in [2.24, 2.45) is 0 Å². The second-order valence-corrected chi connectivity index (χ2v) is 8.22. The average molecular weight is 481 g/mol. The number of aryl methyl sites for hydroxylation is 1. The van der Waals surface area contributed by atoms with E-state index < -0.39 is 5.97 Å². The monoisotopic (exact) mass is 480 g/mol. The summed E-state index contributed by atoms with van der Waals surface area (Å²) in [4.78, 5) is 24.9. The number of carboxylic acids is 1. The van der Waals surface area contributed by atoms with E-state index >= 15 is 0 Å². The van der Waals surface area contributed by atoms with E-state index in [1.54, 1.807) is 30.5 Å². The first-order valence-corrected chi connectivity index (χ1v) is 11.3. The molecule has 0 unspecified atom stereocenters. The van der Waals surface area contributed by atoms with Crippen LogP contribution in [0.5, 0.6) is 5.75 Å². The first-order chi connectivity index (χ1) is 16.4. The van der Waals surface area contributed by atoms with Gasteiger partial charge in [-0.05, 0) is 43.2 Å². The zero-order valence-electron chi connectivity index (χ0n) is 19.1. The van der Waals surface area contributed by atoms with Gasteiger partial charge < -0.3 is 19.7 Å². The minimum Gasteiger partial charge on any atom is -0.495 e. The molecular weight excluding hydrogens is 456 g/mol. The summed E-state index contributed by atoms with van der Waals surface area (Å²) in [6, 6.07) is 9.69. The van der Waals surface area contributed by atoms with Crippen molar-refractivity contribution in [1.82, 2.24) is 14.3 Å². The number of aromatic carboxylic acids is 1.